The average molecular weight is 477 g/mol. The Morgan fingerprint density at radius 1 is 0.912 bits per heavy atom. The Labute approximate surface area is 203 Å². The molecule has 34 heavy (non-hydrogen) atoms. The minimum absolute atomic E-state index is 0.231. The summed E-state index contributed by atoms with van der Waals surface area (Å²) in [6.07, 6.45) is 0. The van der Waals surface area contributed by atoms with Gasteiger partial charge < -0.3 is 9.47 Å². The van der Waals surface area contributed by atoms with Gasteiger partial charge in [0.1, 0.15) is 0 Å². The first kappa shape index (κ1) is 23.7. The number of allylic oxidation sites excluding steroid dienone is 2. The molecule has 6 nitrogen and oxygen atoms in total. The van der Waals surface area contributed by atoms with Gasteiger partial charge in [0, 0.05) is 11.4 Å². The van der Waals surface area contributed by atoms with Crippen molar-refractivity contribution in [2.24, 2.45) is 0 Å². The number of carbonyl (C=O) groups excluding carboxylic acids is 2. The lowest BCUT2D eigenvalue weighted by molar-refractivity contribution is -0.139. The molecule has 4 rings (SSSR count). The maximum absolute atomic E-state index is 13.3. The number of anilines is 1. The first-order valence-electron chi connectivity index (χ1n) is 11.3. The van der Waals surface area contributed by atoms with E-state index in [4.69, 9.17) is 14.5 Å². The number of aromatic nitrogens is 1. The van der Waals surface area contributed by atoms with Crippen molar-refractivity contribution < 1.29 is 19.1 Å². The number of carbonyl (C=O) groups is 2. The second kappa shape index (κ2) is 9.81. The summed E-state index contributed by atoms with van der Waals surface area (Å²) in [6, 6.07) is 15.6. The Kier molecular flexibility index (Phi) is 6.84. The van der Waals surface area contributed by atoms with Crippen LogP contribution >= 0.6 is 11.3 Å². The van der Waals surface area contributed by atoms with Crippen LogP contribution in [0.4, 0.5) is 5.13 Å². The Hall–Kier alpha value is -3.45. The summed E-state index contributed by atoms with van der Waals surface area (Å²) in [5.41, 5.74) is 5.04. The highest BCUT2D eigenvalue weighted by molar-refractivity contribution is 7.22. The number of nitrogens with zero attached hydrogens (tertiary/aromatic N) is 2. The van der Waals surface area contributed by atoms with E-state index in [1.165, 1.54) is 11.3 Å². The summed E-state index contributed by atoms with van der Waals surface area (Å²) in [6.45, 7) is 9.81. The summed E-state index contributed by atoms with van der Waals surface area (Å²) in [7, 11) is 0. The van der Waals surface area contributed by atoms with Gasteiger partial charge in [0.25, 0.3) is 0 Å². The number of benzene rings is 2. The molecule has 176 valence electrons. The van der Waals surface area contributed by atoms with E-state index >= 15 is 0 Å². The summed E-state index contributed by atoms with van der Waals surface area (Å²) in [5, 5.41) is 0.686. The highest BCUT2D eigenvalue weighted by Gasteiger charge is 2.41. The molecule has 2 aromatic carbocycles. The normalized spacial score (nSPS) is 14.7. The van der Waals surface area contributed by atoms with Gasteiger partial charge >= 0.3 is 11.9 Å². The van der Waals surface area contributed by atoms with Crippen LogP contribution in [0.1, 0.15) is 44.7 Å². The standard InChI is InChI=1S/C27H28N2O4S/c1-6-32-25(30)22-17(4)29(27-28-20-14-13-16(3)15-21(20)34-27)18(5)23(26(31)33-7-2)24(22)19-11-9-8-10-12-19/h8-15,24H,6-7H2,1-5H3. The zero-order chi connectivity index (χ0) is 24.4. The van der Waals surface area contributed by atoms with Crippen LogP contribution in [0, 0.1) is 6.92 Å². The van der Waals surface area contributed by atoms with Gasteiger partial charge in [-0.1, -0.05) is 47.7 Å². The average Bonchev–Trinajstić information content (AvgIpc) is 3.22. The van der Waals surface area contributed by atoms with Crippen molar-refractivity contribution in [2.45, 2.75) is 40.5 Å². The summed E-state index contributed by atoms with van der Waals surface area (Å²) < 4.78 is 12.0. The van der Waals surface area contributed by atoms with Gasteiger partial charge in [-0.2, -0.15) is 0 Å². The third-order valence-corrected chi connectivity index (χ3v) is 6.88. The quantitative estimate of drug-likeness (QED) is 0.414. The molecule has 0 amide bonds. The number of ether oxygens (including phenoxy) is 2. The molecule has 1 aliphatic rings. The third-order valence-electron chi connectivity index (χ3n) is 5.88. The molecular weight excluding hydrogens is 448 g/mol. The Bertz CT molecular complexity index is 1260. The van der Waals surface area contributed by atoms with E-state index in [0.29, 0.717) is 27.7 Å². The molecular formula is C27H28N2O4S. The number of esters is 2. The number of rotatable bonds is 6. The fraction of sp³-hybridized carbons (Fsp3) is 0.296. The fourth-order valence-corrected chi connectivity index (χ4v) is 5.55. The SMILES string of the molecule is CCOC(=O)C1=C(C)N(c2nc3ccc(C)cc3s2)C(C)=C(C(=O)OCC)C1c1ccccc1. The van der Waals surface area contributed by atoms with E-state index in [0.717, 1.165) is 21.3 Å². The molecule has 1 aromatic heterocycles. The number of hydrogen-bond acceptors (Lipinski definition) is 7. The van der Waals surface area contributed by atoms with Crippen LogP contribution in [0.2, 0.25) is 0 Å². The van der Waals surface area contributed by atoms with E-state index in [2.05, 4.69) is 6.07 Å². The minimum Gasteiger partial charge on any atom is -0.463 e. The van der Waals surface area contributed by atoms with Crippen LogP contribution in [0.3, 0.4) is 0 Å². The van der Waals surface area contributed by atoms with Crippen molar-refractivity contribution in [3.8, 4) is 0 Å². The van der Waals surface area contributed by atoms with Gasteiger partial charge in [-0.25, -0.2) is 14.6 Å². The zero-order valence-corrected chi connectivity index (χ0v) is 20.9. The fourth-order valence-electron chi connectivity index (χ4n) is 4.38. The van der Waals surface area contributed by atoms with Crippen LogP contribution in [0.5, 0.6) is 0 Å². The number of hydrogen-bond donors (Lipinski definition) is 0. The third kappa shape index (κ3) is 4.23. The van der Waals surface area contributed by atoms with Gasteiger partial charge in [0.2, 0.25) is 0 Å². The molecule has 0 aliphatic carbocycles. The van der Waals surface area contributed by atoms with Gasteiger partial charge in [-0.05, 0) is 57.9 Å². The van der Waals surface area contributed by atoms with Crippen LogP contribution in [0.25, 0.3) is 10.2 Å². The lowest BCUT2D eigenvalue weighted by Crippen LogP contribution is -2.35. The lowest BCUT2D eigenvalue weighted by atomic mass is 9.80. The van der Waals surface area contributed by atoms with Gasteiger partial charge in [0.15, 0.2) is 5.13 Å². The lowest BCUT2D eigenvalue weighted by Gasteiger charge is -2.36. The molecule has 0 N–H and O–H groups in total. The molecule has 0 fully saturated rings. The maximum Gasteiger partial charge on any atom is 0.336 e. The van der Waals surface area contributed by atoms with Gasteiger partial charge in [-0.15, -0.1) is 0 Å². The van der Waals surface area contributed by atoms with Gasteiger partial charge in [0.05, 0.1) is 40.5 Å². The predicted molar refractivity (Wildman–Crippen MR) is 135 cm³/mol. The Morgan fingerprint density at radius 2 is 1.50 bits per heavy atom. The number of aryl methyl sites for hydroxylation is 1. The van der Waals surface area contributed by atoms with E-state index in [-0.39, 0.29) is 13.2 Å². The topological polar surface area (TPSA) is 68.7 Å². The van der Waals surface area contributed by atoms with Crippen molar-refractivity contribution in [1.29, 1.82) is 0 Å². The van der Waals surface area contributed by atoms with Crippen LogP contribution in [-0.4, -0.2) is 30.1 Å². The number of fused-ring (bicyclic) bond motifs is 1. The van der Waals surface area contributed by atoms with E-state index in [9.17, 15) is 9.59 Å². The molecule has 0 atom stereocenters. The zero-order valence-electron chi connectivity index (χ0n) is 20.0. The van der Waals surface area contributed by atoms with Crippen LogP contribution in [-0.2, 0) is 19.1 Å². The van der Waals surface area contributed by atoms with Crippen molar-refractivity contribution in [2.75, 3.05) is 18.1 Å². The first-order chi connectivity index (χ1) is 16.4. The molecule has 0 radical (unpaired) electrons. The van der Waals surface area contributed by atoms with Crippen molar-refractivity contribution in [3.63, 3.8) is 0 Å². The molecule has 0 bridgehead atoms. The monoisotopic (exact) mass is 476 g/mol. The second-order valence-electron chi connectivity index (χ2n) is 8.09. The molecule has 1 aliphatic heterocycles. The largest absolute Gasteiger partial charge is 0.463 e. The minimum atomic E-state index is -0.604. The molecule has 0 unspecified atom stereocenters. The second-order valence-corrected chi connectivity index (χ2v) is 9.09. The van der Waals surface area contributed by atoms with Crippen molar-refractivity contribution >= 4 is 38.6 Å². The molecule has 3 aromatic rings. The van der Waals surface area contributed by atoms with E-state index in [1.807, 2.05) is 68.1 Å². The molecule has 0 saturated heterocycles. The van der Waals surface area contributed by atoms with E-state index < -0.39 is 17.9 Å². The first-order valence-corrected chi connectivity index (χ1v) is 12.2. The predicted octanol–water partition coefficient (Wildman–Crippen LogP) is 5.88. The summed E-state index contributed by atoms with van der Waals surface area (Å²) in [4.78, 5) is 33.4. The molecule has 7 heteroatoms. The highest BCUT2D eigenvalue weighted by atomic mass is 32.1. The Morgan fingerprint density at radius 3 is 2.06 bits per heavy atom. The van der Waals surface area contributed by atoms with Crippen LogP contribution < -0.4 is 4.90 Å². The Balaban J connectivity index is 1.99. The molecule has 2 heterocycles. The van der Waals surface area contributed by atoms with Gasteiger partial charge in [-0.3, -0.25) is 4.90 Å². The summed E-state index contributed by atoms with van der Waals surface area (Å²) in [5.74, 6) is -1.51. The maximum atomic E-state index is 13.3. The van der Waals surface area contributed by atoms with E-state index in [1.54, 1.807) is 13.8 Å². The summed E-state index contributed by atoms with van der Waals surface area (Å²) >= 11 is 1.52. The smallest absolute Gasteiger partial charge is 0.336 e. The highest BCUT2D eigenvalue weighted by Crippen LogP contribution is 2.46. The van der Waals surface area contributed by atoms with Crippen molar-refractivity contribution in [1.82, 2.24) is 4.98 Å². The molecule has 0 spiro atoms. The number of thiazole rings is 1. The van der Waals surface area contributed by atoms with Crippen molar-refractivity contribution in [3.05, 3.63) is 82.2 Å². The van der Waals surface area contributed by atoms with Crippen LogP contribution in [0.15, 0.2) is 71.1 Å². The molecule has 0 saturated carbocycles.